The number of rotatable bonds is 1. The Labute approximate surface area is 248 Å². The molecule has 5 aliphatic rings. The van der Waals surface area contributed by atoms with Gasteiger partial charge in [-0.15, -0.1) is 0 Å². The van der Waals surface area contributed by atoms with Gasteiger partial charge in [-0.25, -0.2) is 20.0 Å². The van der Waals surface area contributed by atoms with Crippen LogP contribution in [-0.2, 0) is 19.5 Å². The van der Waals surface area contributed by atoms with Gasteiger partial charge < -0.3 is 0 Å². The SMILES string of the molecule is Brc1cc(C2=C3C=CC(=N3)C=C3C=CC(=N3)C=C3C=CC(=N3)C=C3C=CC2=N3)c(Br)c(Br)c1Br.[Zn]. The van der Waals surface area contributed by atoms with Crippen molar-refractivity contribution in [1.29, 1.82) is 0 Å². The first-order chi connectivity index (χ1) is 16.4. The maximum absolute atomic E-state index is 4.93. The number of hydrogen-bond acceptors (Lipinski definition) is 4. The van der Waals surface area contributed by atoms with E-state index in [0.29, 0.717) is 0 Å². The molecular weight excluding hydrogens is 753 g/mol. The zero-order chi connectivity index (χ0) is 23.4. The van der Waals surface area contributed by atoms with Gasteiger partial charge in [0, 0.05) is 48.5 Å². The van der Waals surface area contributed by atoms with E-state index in [1.807, 2.05) is 66.8 Å². The Morgan fingerprint density at radius 2 is 1.06 bits per heavy atom. The molecule has 0 amide bonds. The summed E-state index contributed by atoms with van der Waals surface area (Å²) >= 11 is 14.7. The van der Waals surface area contributed by atoms with Gasteiger partial charge in [-0.3, -0.25) is 0 Å². The summed E-state index contributed by atoms with van der Waals surface area (Å²) in [6.07, 6.45) is 21.9. The molecule has 6 rings (SSSR count). The molecule has 0 aromatic heterocycles. The normalized spacial score (nSPS) is 19.3. The van der Waals surface area contributed by atoms with Gasteiger partial charge in [0.15, 0.2) is 0 Å². The smallest absolute Gasteiger partial charge is 0.0738 e. The van der Waals surface area contributed by atoms with Crippen LogP contribution in [0.4, 0.5) is 0 Å². The standard InChI is InChI=1S/C26H12Br4N4.Zn/c27-20-12-19(24(28)26(30)25(20)29)23-21-7-5-17(33-21)10-15-3-1-13(31-15)9-14-2-4-16(32-14)11-18-6-8-22(23)34-18;/h1-12H;. The largest absolute Gasteiger partial charge is 0.249 e. The summed E-state index contributed by atoms with van der Waals surface area (Å²) in [6, 6.07) is 2.06. The Balaban J connectivity index is 0.00000253. The van der Waals surface area contributed by atoms with Crippen LogP contribution in [0, 0.1) is 0 Å². The van der Waals surface area contributed by atoms with Crippen molar-refractivity contribution in [2.45, 2.75) is 0 Å². The summed E-state index contributed by atoms with van der Waals surface area (Å²) < 4.78 is 3.67. The molecule has 0 spiro atoms. The first-order valence-electron chi connectivity index (χ1n) is 10.2. The number of benzene rings is 1. The molecule has 0 saturated carbocycles. The molecule has 1 aromatic carbocycles. The average molecular weight is 765 g/mol. The molecule has 0 atom stereocenters. The second-order valence-corrected chi connectivity index (χ2v) is 11.0. The summed E-state index contributed by atoms with van der Waals surface area (Å²) in [5.41, 5.74) is 8.66. The molecular formula is C26H12Br4N4Zn. The van der Waals surface area contributed by atoms with Gasteiger partial charge in [0.2, 0.25) is 0 Å². The number of halogens is 4. The number of fused-ring (bicyclic) bond motifs is 4. The van der Waals surface area contributed by atoms with Crippen LogP contribution in [-0.4, -0.2) is 22.8 Å². The van der Waals surface area contributed by atoms with Gasteiger partial charge >= 0.3 is 0 Å². The van der Waals surface area contributed by atoms with Crippen molar-refractivity contribution in [3.8, 4) is 0 Å². The van der Waals surface area contributed by atoms with E-state index in [2.05, 4.69) is 69.8 Å². The maximum Gasteiger partial charge on any atom is 0.0738 e. The van der Waals surface area contributed by atoms with Crippen molar-refractivity contribution >= 4 is 92.1 Å². The first kappa shape index (κ1) is 25.0. The summed E-state index contributed by atoms with van der Waals surface area (Å²) in [7, 11) is 0. The average Bonchev–Trinajstić information content (AvgIpc) is 3.61. The molecule has 5 heterocycles. The number of nitrogens with zero attached hydrogens (tertiary/aromatic N) is 4. The molecule has 8 bridgehead atoms. The molecule has 166 valence electrons. The third-order valence-corrected chi connectivity index (χ3v) is 10.1. The van der Waals surface area contributed by atoms with Gasteiger partial charge in [0.25, 0.3) is 0 Å². The fourth-order valence-corrected chi connectivity index (χ4v) is 6.13. The molecule has 0 radical (unpaired) electrons. The van der Waals surface area contributed by atoms with Gasteiger partial charge in [0.1, 0.15) is 0 Å². The van der Waals surface area contributed by atoms with Crippen molar-refractivity contribution in [1.82, 2.24) is 0 Å². The van der Waals surface area contributed by atoms with E-state index in [4.69, 9.17) is 20.0 Å². The monoisotopic (exact) mass is 760 g/mol. The van der Waals surface area contributed by atoms with Crippen molar-refractivity contribution in [3.63, 3.8) is 0 Å². The molecule has 0 saturated heterocycles. The fraction of sp³-hybridized carbons (Fsp3) is 0. The van der Waals surface area contributed by atoms with Crippen molar-refractivity contribution in [2.24, 2.45) is 20.0 Å². The molecule has 5 aliphatic heterocycles. The topological polar surface area (TPSA) is 49.4 Å². The minimum atomic E-state index is 0. The van der Waals surface area contributed by atoms with Crippen LogP contribution in [0.15, 0.2) is 134 Å². The molecule has 0 unspecified atom stereocenters. The third-order valence-electron chi connectivity index (χ3n) is 5.46. The molecule has 0 aliphatic carbocycles. The van der Waals surface area contributed by atoms with E-state index in [9.17, 15) is 0 Å². The molecule has 1 aromatic rings. The van der Waals surface area contributed by atoms with Crippen LogP contribution in [0.3, 0.4) is 0 Å². The predicted molar refractivity (Wildman–Crippen MR) is 155 cm³/mol. The van der Waals surface area contributed by atoms with E-state index in [-0.39, 0.29) is 19.5 Å². The van der Waals surface area contributed by atoms with Crippen LogP contribution in [0.2, 0.25) is 0 Å². The van der Waals surface area contributed by atoms with E-state index in [1.54, 1.807) is 0 Å². The number of hydrogen-bond donors (Lipinski definition) is 0. The maximum atomic E-state index is 4.93. The molecule has 9 heteroatoms. The van der Waals surface area contributed by atoms with Crippen LogP contribution >= 0.6 is 63.7 Å². The minimum absolute atomic E-state index is 0. The van der Waals surface area contributed by atoms with Gasteiger partial charge in [-0.2, -0.15) is 0 Å². The van der Waals surface area contributed by atoms with Crippen molar-refractivity contribution < 1.29 is 19.5 Å². The molecule has 0 N–H and O–H groups in total. The first-order valence-corrected chi connectivity index (χ1v) is 13.4. The van der Waals surface area contributed by atoms with E-state index in [0.717, 1.165) is 74.7 Å². The summed E-state index contributed by atoms with van der Waals surface area (Å²) in [5, 5.41) is 0. The molecule has 0 fully saturated rings. The zero-order valence-electron chi connectivity index (χ0n) is 17.9. The third kappa shape index (κ3) is 4.86. The summed E-state index contributed by atoms with van der Waals surface area (Å²) in [4.78, 5) is 19.3. The predicted octanol–water partition coefficient (Wildman–Crippen LogP) is 8.15. The van der Waals surface area contributed by atoms with E-state index >= 15 is 0 Å². The Morgan fingerprint density at radius 3 is 1.71 bits per heavy atom. The van der Waals surface area contributed by atoms with Crippen LogP contribution in [0.5, 0.6) is 0 Å². The number of aliphatic imine (C=N–C) groups is 4. The Hall–Kier alpha value is -1.64. The quantitative estimate of drug-likeness (QED) is 0.158. The van der Waals surface area contributed by atoms with Gasteiger partial charge in [0.05, 0.1) is 45.6 Å². The van der Waals surface area contributed by atoms with Crippen LogP contribution in [0.25, 0.3) is 5.57 Å². The van der Waals surface area contributed by atoms with Crippen molar-refractivity contribution in [3.05, 3.63) is 119 Å². The van der Waals surface area contributed by atoms with Gasteiger partial charge in [-0.1, -0.05) is 0 Å². The molecule has 35 heavy (non-hydrogen) atoms. The summed E-state index contributed by atoms with van der Waals surface area (Å²) in [5.74, 6) is 0. The van der Waals surface area contributed by atoms with Crippen LogP contribution < -0.4 is 0 Å². The Kier molecular flexibility index (Phi) is 7.17. The zero-order valence-corrected chi connectivity index (χ0v) is 27.2. The summed E-state index contributed by atoms with van der Waals surface area (Å²) in [6.45, 7) is 0. The van der Waals surface area contributed by atoms with Crippen LogP contribution in [0.1, 0.15) is 5.56 Å². The fourth-order valence-electron chi connectivity index (χ4n) is 3.92. The second-order valence-electron chi connectivity index (χ2n) is 7.76. The number of allylic oxidation sites excluding steroid dienone is 12. The molecule has 4 nitrogen and oxygen atoms in total. The minimum Gasteiger partial charge on any atom is -0.249 e. The Morgan fingerprint density at radius 1 is 0.514 bits per heavy atom. The van der Waals surface area contributed by atoms with Crippen molar-refractivity contribution in [2.75, 3.05) is 0 Å². The van der Waals surface area contributed by atoms with E-state index < -0.39 is 0 Å². The van der Waals surface area contributed by atoms with E-state index in [1.165, 1.54) is 0 Å². The Bertz CT molecular complexity index is 1570. The van der Waals surface area contributed by atoms with Gasteiger partial charge in [-0.05, 0) is 137 Å². The second kappa shape index (κ2) is 10.0.